The summed E-state index contributed by atoms with van der Waals surface area (Å²) in [6.07, 6.45) is 13.2. The second-order valence-electron chi connectivity index (χ2n) is 7.93. The molecule has 1 atom stereocenters. The van der Waals surface area contributed by atoms with E-state index in [0.717, 1.165) is 54.3 Å². The summed E-state index contributed by atoms with van der Waals surface area (Å²) in [5, 5.41) is 7.82. The van der Waals surface area contributed by atoms with Crippen molar-refractivity contribution in [2.45, 2.75) is 40.2 Å². The van der Waals surface area contributed by atoms with Crippen LogP contribution in [0, 0.1) is 6.92 Å². The maximum atomic E-state index is 6.03. The summed E-state index contributed by atoms with van der Waals surface area (Å²) in [6.45, 7) is 10.9. The van der Waals surface area contributed by atoms with Crippen LogP contribution in [0.1, 0.15) is 37.7 Å². The van der Waals surface area contributed by atoms with Gasteiger partial charge in [-0.15, -0.1) is 0 Å². The number of pyridine rings is 1. The SMILES string of the molecule is C\C=C(/C(C)=C\C(=C/C)n1cccn1)c1nc2cc(C)ccn2c1CC1CNCCO1. The van der Waals surface area contributed by atoms with E-state index in [9.17, 15) is 0 Å². The zero-order valence-corrected chi connectivity index (χ0v) is 18.8. The monoisotopic (exact) mass is 417 g/mol. The lowest BCUT2D eigenvalue weighted by atomic mass is 9.99. The van der Waals surface area contributed by atoms with Gasteiger partial charge in [-0.1, -0.05) is 12.2 Å². The number of morpholine rings is 1. The molecule has 6 heteroatoms. The smallest absolute Gasteiger partial charge is 0.137 e. The summed E-state index contributed by atoms with van der Waals surface area (Å²) < 4.78 is 10.1. The van der Waals surface area contributed by atoms with E-state index in [1.807, 2.05) is 23.9 Å². The van der Waals surface area contributed by atoms with Gasteiger partial charge in [0.15, 0.2) is 0 Å². The highest BCUT2D eigenvalue weighted by atomic mass is 16.5. The Bertz CT molecular complexity index is 1130. The van der Waals surface area contributed by atoms with Gasteiger partial charge >= 0.3 is 0 Å². The number of aromatic nitrogens is 4. The van der Waals surface area contributed by atoms with Crippen molar-refractivity contribution in [3.8, 4) is 0 Å². The lowest BCUT2D eigenvalue weighted by Gasteiger charge is -2.24. The molecule has 1 N–H and O–H groups in total. The van der Waals surface area contributed by atoms with Crippen molar-refractivity contribution in [1.82, 2.24) is 24.5 Å². The molecule has 1 fully saturated rings. The minimum Gasteiger partial charge on any atom is -0.375 e. The van der Waals surface area contributed by atoms with Gasteiger partial charge in [0.25, 0.3) is 0 Å². The molecule has 31 heavy (non-hydrogen) atoms. The quantitative estimate of drug-likeness (QED) is 0.608. The van der Waals surface area contributed by atoms with Gasteiger partial charge in [-0.2, -0.15) is 5.10 Å². The maximum Gasteiger partial charge on any atom is 0.137 e. The van der Waals surface area contributed by atoms with Gasteiger partial charge in [0, 0.05) is 43.7 Å². The summed E-state index contributed by atoms with van der Waals surface area (Å²) in [6, 6.07) is 6.21. The van der Waals surface area contributed by atoms with Crippen LogP contribution in [0.2, 0.25) is 0 Å². The first-order chi connectivity index (χ1) is 15.1. The van der Waals surface area contributed by atoms with E-state index in [0.29, 0.717) is 0 Å². The topological polar surface area (TPSA) is 56.4 Å². The van der Waals surface area contributed by atoms with Gasteiger partial charge in [0.2, 0.25) is 0 Å². The number of ether oxygens (including phenoxy) is 1. The lowest BCUT2D eigenvalue weighted by molar-refractivity contribution is 0.0285. The van der Waals surface area contributed by atoms with Crippen LogP contribution < -0.4 is 5.32 Å². The Balaban J connectivity index is 1.77. The maximum absolute atomic E-state index is 6.03. The van der Waals surface area contributed by atoms with Gasteiger partial charge in [-0.3, -0.25) is 0 Å². The summed E-state index contributed by atoms with van der Waals surface area (Å²) in [7, 11) is 0. The molecule has 1 aliphatic heterocycles. The van der Waals surface area contributed by atoms with E-state index in [2.05, 4.69) is 72.1 Å². The van der Waals surface area contributed by atoms with Crippen molar-refractivity contribution in [3.05, 3.63) is 77.5 Å². The van der Waals surface area contributed by atoms with Crippen molar-refractivity contribution >= 4 is 16.9 Å². The van der Waals surface area contributed by atoms with Crippen LogP contribution in [-0.2, 0) is 11.2 Å². The van der Waals surface area contributed by atoms with Crippen LogP contribution in [0.5, 0.6) is 0 Å². The molecule has 0 aromatic carbocycles. The number of imidazole rings is 1. The van der Waals surface area contributed by atoms with Crippen LogP contribution in [0.3, 0.4) is 0 Å². The average Bonchev–Trinajstić information content (AvgIpc) is 3.42. The number of hydrogen-bond acceptors (Lipinski definition) is 4. The second-order valence-corrected chi connectivity index (χ2v) is 7.93. The first kappa shape index (κ1) is 21.3. The van der Waals surface area contributed by atoms with Crippen molar-refractivity contribution in [2.75, 3.05) is 19.7 Å². The number of aryl methyl sites for hydroxylation is 1. The third kappa shape index (κ3) is 4.55. The molecule has 4 rings (SSSR count). The molecule has 0 amide bonds. The van der Waals surface area contributed by atoms with E-state index in [4.69, 9.17) is 9.72 Å². The fraction of sp³-hybridized carbons (Fsp3) is 0.360. The van der Waals surface area contributed by atoms with Crippen molar-refractivity contribution in [2.24, 2.45) is 0 Å². The Labute approximate surface area is 183 Å². The summed E-state index contributed by atoms with van der Waals surface area (Å²) in [5.41, 5.74) is 7.69. The summed E-state index contributed by atoms with van der Waals surface area (Å²) in [5.74, 6) is 0. The molecule has 0 saturated carbocycles. The predicted octanol–water partition coefficient (Wildman–Crippen LogP) is 4.28. The third-order valence-corrected chi connectivity index (χ3v) is 5.70. The molecule has 0 aliphatic carbocycles. The van der Waals surface area contributed by atoms with Crippen molar-refractivity contribution < 1.29 is 4.74 Å². The lowest BCUT2D eigenvalue weighted by Crippen LogP contribution is -2.39. The Hall–Kier alpha value is -2.96. The predicted molar refractivity (Wildman–Crippen MR) is 126 cm³/mol. The highest BCUT2D eigenvalue weighted by Gasteiger charge is 2.22. The van der Waals surface area contributed by atoms with E-state index in [1.165, 1.54) is 11.3 Å². The van der Waals surface area contributed by atoms with Gasteiger partial charge in [-0.05, 0) is 63.1 Å². The van der Waals surface area contributed by atoms with E-state index < -0.39 is 0 Å². The van der Waals surface area contributed by atoms with Crippen LogP contribution in [0.4, 0.5) is 0 Å². The summed E-state index contributed by atoms with van der Waals surface area (Å²) in [4.78, 5) is 5.06. The van der Waals surface area contributed by atoms with Crippen LogP contribution in [0.25, 0.3) is 16.9 Å². The van der Waals surface area contributed by atoms with E-state index in [-0.39, 0.29) is 6.10 Å². The van der Waals surface area contributed by atoms with Gasteiger partial charge < -0.3 is 14.5 Å². The molecule has 6 nitrogen and oxygen atoms in total. The molecular formula is C25H31N5O. The fourth-order valence-electron chi connectivity index (χ4n) is 4.13. The minimum absolute atomic E-state index is 0.145. The molecule has 4 heterocycles. The van der Waals surface area contributed by atoms with Crippen LogP contribution in [-0.4, -0.2) is 45.0 Å². The standard InChI is InChI=1S/C25H31N5O/c1-5-20(30-11-7-9-27-30)15-19(4)22(6-2)25-23(16-21-17-26-10-13-31-21)29-12-8-18(3)14-24(29)28-25/h5-9,11-12,14-15,21,26H,10,13,16-17H2,1-4H3/b19-15-,20-5+,22-6+. The Morgan fingerprint density at radius 2 is 2.16 bits per heavy atom. The first-order valence-electron chi connectivity index (χ1n) is 10.9. The Morgan fingerprint density at radius 1 is 1.29 bits per heavy atom. The number of rotatable bonds is 6. The Morgan fingerprint density at radius 3 is 2.84 bits per heavy atom. The number of fused-ring (bicyclic) bond motifs is 1. The zero-order valence-electron chi connectivity index (χ0n) is 18.8. The molecule has 0 bridgehead atoms. The minimum atomic E-state index is 0.145. The second kappa shape index (κ2) is 9.45. The first-order valence-corrected chi connectivity index (χ1v) is 10.9. The molecule has 0 spiro atoms. The molecule has 3 aromatic heterocycles. The Kier molecular flexibility index (Phi) is 6.49. The van der Waals surface area contributed by atoms with Crippen molar-refractivity contribution in [3.63, 3.8) is 0 Å². The van der Waals surface area contributed by atoms with Gasteiger partial charge in [-0.25, -0.2) is 9.67 Å². The van der Waals surface area contributed by atoms with Gasteiger partial charge in [0.1, 0.15) is 5.65 Å². The largest absolute Gasteiger partial charge is 0.375 e. The zero-order chi connectivity index (χ0) is 21.8. The molecule has 162 valence electrons. The molecular weight excluding hydrogens is 386 g/mol. The normalized spacial score (nSPS) is 18.7. The molecule has 1 unspecified atom stereocenters. The van der Waals surface area contributed by atoms with Crippen LogP contribution in [0.15, 0.2) is 60.6 Å². The number of allylic oxidation sites excluding steroid dienone is 6. The molecule has 0 radical (unpaired) electrons. The highest BCUT2D eigenvalue weighted by molar-refractivity contribution is 5.82. The number of hydrogen-bond donors (Lipinski definition) is 1. The van der Waals surface area contributed by atoms with Crippen molar-refractivity contribution in [1.29, 1.82) is 0 Å². The summed E-state index contributed by atoms with van der Waals surface area (Å²) >= 11 is 0. The number of nitrogens with zero attached hydrogens (tertiary/aromatic N) is 4. The molecule has 1 aliphatic rings. The highest BCUT2D eigenvalue weighted by Crippen LogP contribution is 2.29. The van der Waals surface area contributed by atoms with E-state index in [1.54, 1.807) is 6.20 Å². The fourth-order valence-corrected chi connectivity index (χ4v) is 4.13. The van der Waals surface area contributed by atoms with Gasteiger partial charge in [0.05, 0.1) is 29.8 Å². The third-order valence-electron chi connectivity index (χ3n) is 5.70. The molecule has 3 aromatic rings. The molecule has 1 saturated heterocycles. The van der Waals surface area contributed by atoms with E-state index >= 15 is 0 Å². The number of nitrogens with one attached hydrogen (secondary N) is 1. The van der Waals surface area contributed by atoms with Crippen LogP contribution >= 0.6 is 0 Å². The average molecular weight is 418 g/mol.